The first kappa shape index (κ1) is 25.7. The zero-order chi connectivity index (χ0) is 28.8. The second-order valence-electron chi connectivity index (χ2n) is 10.7. The molecule has 3 aliphatic heterocycles. The molecule has 0 aliphatic carbocycles. The molecular weight excluding hydrogens is 526 g/mol. The quantitative estimate of drug-likeness (QED) is 0.236. The number of hydrogen-bond acceptors (Lipinski definition) is 6. The fourth-order valence-electron chi connectivity index (χ4n) is 6.90. The van der Waals surface area contributed by atoms with Crippen LogP contribution in [0.15, 0.2) is 116 Å². The minimum absolute atomic E-state index is 0.234. The second kappa shape index (κ2) is 9.96. The molecule has 7 heteroatoms. The van der Waals surface area contributed by atoms with E-state index in [2.05, 4.69) is 16.9 Å². The summed E-state index contributed by atoms with van der Waals surface area (Å²) in [6, 6.07) is 25.7. The first-order chi connectivity index (χ1) is 20.6. The van der Waals surface area contributed by atoms with Gasteiger partial charge in [-0.15, -0.1) is 0 Å². The number of hydrogen-bond donors (Lipinski definition) is 1. The molecule has 1 spiro atoms. The number of rotatable bonds is 7. The van der Waals surface area contributed by atoms with Crippen LogP contribution in [0.2, 0.25) is 0 Å². The van der Waals surface area contributed by atoms with E-state index in [4.69, 9.17) is 4.74 Å². The van der Waals surface area contributed by atoms with Gasteiger partial charge in [0.15, 0.2) is 5.78 Å². The van der Waals surface area contributed by atoms with Crippen LogP contribution in [0.4, 0.5) is 5.69 Å². The van der Waals surface area contributed by atoms with Gasteiger partial charge in [-0.25, -0.2) is 0 Å². The Hall–Kier alpha value is -5.30. The molecule has 1 N–H and O–H groups in total. The van der Waals surface area contributed by atoms with Crippen molar-refractivity contribution in [2.75, 3.05) is 11.9 Å². The van der Waals surface area contributed by atoms with Crippen LogP contribution in [0.25, 0.3) is 6.08 Å². The first-order valence-corrected chi connectivity index (χ1v) is 13.8. The minimum atomic E-state index is -1.40. The van der Waals surface area contributed by atoms with Crippen LogP contribution >= 0.6 is 0 Å². The normalized spacial score (nSPS) is 23.1. The lowest BCUT2D eigenvalue weighted by Gasteiger charge is -2.38. The molecule has 0 radical (unpaired) electrons. The van der Waals surface area contributed by atoms with Crippen molar-refractivity contribution in [3.8, 4) is 5.75 Å². The van der Waals surface area contributed by atoms with Gasteiger partial charge in [-0.2, -0.15) is 0 Å². The highest BCUT2D eigenvalue weighted by Crippen LogP contribution is 2.62. The molecule has 0 bridgehead atoms. The van der Waals surface area contributed by atoms with Gasteiger partial charge in [-0.3, -0.25) is 19.4 Å². The van der Waals surface area contributed by atoms with Gasteiger partial charge in [0, 0.05) is 23.6 Å². The maximum atomic E-state index is 14.9. The van der Waals surface area contributed by atoms with Gasteiger partial charge in [0.25, 0.3) is 0 Å². The molecule has 1 fully saturated rings. The Morgan fingerprint density at radius 2 is 1.79 bits per heavy atom. The zero-order valence-electron chi connectivity index (χ0n) is 22.6. The summed E-state index contributed by atoms with van der Waals surface area (Å²) in [6.45, 7) is 3.98. The Morgan fingerprint density at radius 1 is 0.976 bits per heavy atom. The largest absolute Gasteiger partial charge is 0.490 e. The van der Waals surface area contributed by atoms with Crippen LogP contribution in [0.1, 0.15) is 43.6 Å². The van der Waals surface area contributed by atoms with Crippen LogP contribution in [-0.4, -0.2) is 40.0 Å². The molecular formula is C35H27N3O4. The van der Waals surface area contributed by atoms with E-state index in [0.717, 1.165) is 11.1 Å². The third kappa shape index (κ3) is 3.66. The molecule has 0 saturated carbocycles. The van der Waals surface area contributed by atoms with Gasteiger partial charge < -0.3 is 15.0 Å². The van der Waals surface area contributed by atoms with Crippen LogP contribution in [0, 0.1) is 5.92 Å². The van der Waals surface area contributed by atoms with Gasteiger partial charge in [0.2, 0.25) is 11.7 Å². The van der Waals surface area contributed by atoms with Gasteiger partial charge in [0.1, 0.15) is 29.5 Å². The summed E-state index contributed by atoms with van der Waals surface area (Å²) in [4.78, 5) is 50.1. The van der Waals surface area contributed by atoms with Crippen molar-refractivity contribution in [3.05, 3.63) is 144 Å². The van der Waals surface area contributed by atoms with Gasteiger partial charge >= 0.3 is 0 Å². The fraction of sp³-hybridized carbons (Fsp3) is 0.143. The van der Waals surface area contributed by atoms with Crippen molar-refractivity contribution < 1.29 is 19.1 Å². The molecule has 4 atom stereocenters. The highest BCUT2D eigenvalue weighted by Gasteiger charge is 2.70. The highest BCUT2D eigenvalue weighted by molar-refractivity contribution is 6.16. The van der Waals surface area contributed by atoms with Crippen molar-refractivity contribution in [2.24, 2.45) is 5.92 Å². The monoisotopic (exact) mass is 553 g/mol. The summed E-state index contributed by atoms with van der Waals surface area (Å²) in [7, 11) is 0. The molecule has 4 aromatic rings. The van der Waals surface area contributed by atoms with Gasteiger partial charge in [-0.1, -0.05) is 73.3 Å². The number of fused-ring (bicyclic) bond motifs is 6. The first-order valence-electron chi connectivity index (χ1n) is 13.8. The van der Waals surface area contributed by atoms with Crippen molar-refractivity contribution in [3.63, 3.8) is 0 Å². The van der Waals surface area contributed by atoms with Crippen LogP contribution in [0.3, 0.4) is 0 Å². The minimum Gasteiger partial charge on any atom is -0.490 e. The topological polar surface area (TPSA) is 88.6 Å². The van der Waals surface area contributed by atoms with E-state index in [0.29, 0.717) is 22.6 Å². The van der Waals surface area contributed by atoms with E-state index in [1.54, 1.807) is 54.7 Å². The molecule has 4 heterocycles. The number of benzene rings is 3. The molecule has 7 rings (SSSR count). The second-order valence-corrected chi connectivity index (χ2v) is 10.7. The van der Waals surface area contributed by atoms with Crippen LogP contribution < -0.4 is 10.1 Å². The lowest BCUT2D eigenvalue weighted by molar-refractivity contribution is -0.122. The Labute approximate surface area is 243 Å². The zero-order valence-corrected chi connectivity index (χ0v) is 22.6. The number of nitrogens with one attached hydrogen (secondary N) is 1. The number of pyridine rings is 1. The molecule has 42 heavy (non-hydrogen) atoms. The maximum absolute atomic E-state index is 14.9. The molecule has 1 amide bonds. The number of Topliss-reactive ketones (excluding diaryl/α,β-unsaturated/α-hetero) is 2. The summed E-state index contributed by atoms with van der Waals surface area (Å²) in [5, 5.41) is 3.06. The van der Waals surface area contributed by atoms with Crippen molar-refractivity contribution in [2.45, 2.75) is 17.5 Å². The molecule has 1 saturated heterocycles. The molecule has 1 aromatic heterocycles. The fourth-order valence-corrected chi connectivity index (χ4v) is 6.90. The number of anilines is 1. The van der Waals surface area contributed by atoms with E-state index in [1.165, 1.54) is 0 Å². The lowest BCUT2D eigenvalue weighted by Crippen LogP contribution is -2.49. The Kier molecular flexibility index (Phi) is 6.08. The Balaban J connectivity index is 1.50. The third-order valence-corrected chi connectivity index (χ3v) is 8.53. The maximum Gasteiger partial charge on any atom is 0.238 e. The molecule has 7 nitrogen and oxygen atoms in total. The Morgan fingerprint density at radius 3 is 2.62 bits per heavy atom. The van der Waals surface area contributed by atoms with Gasteiger partial charge in [-0.05, 0) is 53.1 Å². The summed E-state index contributed by atoms with van der Waals surface area (Å²) < 4.78 is 5.74. The summed E-state index contributed by atoms with van der Waals surface area (Å²) in [6.07, 6.45) is 6.98. The van der Waals surface area contributed by atoms with E-state index >= 15 is 0 Å². The smallest absolute Gasteiger partial charge is 0.238 e. The molecule has 206 valence electrons. The number of aromatic nitrogens is 1. The predicted molar refractivity (Wildman–Crippen MR) is 159 cm³/mol. The third-order valence-electron chi connectivity index (χ3n) is 8.53. The number of nitrogens with zero attached hydrogens (tertiary/aromatic N) is 2. The van der Waals surface area contributed by atoms with E-state index in [-0.39, 0.29) is 29.8 Å². The average molecular weight is 554 g/mol. The number of carbonyl (C=O) groups is 3. The number of carbonyl (C=O) groups excluding carboxylic acids is 3. The number of ketones is 2. The van der Waals surface area contributed by atoms with E-state index in [1.807, 2.05) is 65.7 Å². The van der Waals surface area contributed by atoms with Crippen molar-refractivity contribution in [1.29, 1.82) is 0 Å². The average Bonchev–Trinajstić information content (AvgIpc) is 3.52. The SMILES string of the molecule is C=CCOc1cccc(C(=O)[C@H]2[C@H](C(=O)c3ccccn3)N3C=Cc4ccccc4[C@@H]3[C@]23C(=O)Nc2ccccc23)c1. The van der Waals surface area contributed by atoms with Crippen molar-refractivity contribution >= 4 is 29.2 Å². The van der Waals surface area contributed by atoms with Crippen LogP contribution in [0.5, 0.6) is 5.75 Å². The standard InChI is InChI=1S/C35H27N3O4/c1-2-20-42-24-12-9-11-23(21-24)31(39)29-30(32(40)28-16-7-8-18-36-28)38-19-17-22-10-3-4-13-25(22)33(38)35(29)26-14-5-6-15-27(26)37-34(35)41/h2-19,21,29-30,33H,1,20H2,(H,37,41)/t29-,30-,33-,35-/m1/s1. The predicted octanol–water partition coefficient (Wildman–Crippen LogP) is 5.63. The molecule has 3 aliphatic rings. The molecule has 0 unspecified atom stereocenters. The van der Waals surface area contributed by atoms with E-state index in [9.17, 15) is 14.4 Å². The summed E-state index contributed by atoms with van der Waals surface area (Å²) in [5.41, 5.74) is 2.34. The number of amides is 1. The Bertz CT molecular complexity index is 1780. The van der Waals surface area contributed by atoms with Crippen molar-refractivity contribution in [1.82, 2.24) is 9.88 Å². The highest BCUT2D eigenvalue weighted by atomic mass is 16.5. The molecule has 3 aromatic carbocycles. The summed E-state index contributed by atoms with van der Waals surface area (Å²) in [5.74, 6) is -1.53. The van der Waals surface area contributed by atoms with Gasteiger partial charge in [0.05, 0.1) is 12.0 Å². The summed E-state index contributed by atoms with van der Waals surface area (Å²) >= 11 is 0. The lowest BCUT2D eigenvalue weighted by atomic mass is 9.62. The number of ether oxygens (including phenoxy) is 1. The number of para-hydroxylation sites is 1. The van der Waals surface area contributed by atoms with Crippen LogP contribution in [-0.2, 0) is 10.2 Å². The van der Waals surface area contributed by atoms with E-state index < -0.39 is 23.4 Å².